The van der Waals surface area contributed by atoms with Gasteiger partial charge in [-0.05, 0) is 47.5 Å². The van der Waals surface area contributed by atoms with Crippen LogP contribution in [0.25, 0.3) is 0 Å². The van der Waals surface area contributed by atoms with E-state index in [0.29, 0.717) is 23.7 Å². The van der Waals surface area contributed by atoms with Crippen molar-refractivity contribution in [3.8, 4) is 0 Å². The molecule has 2 nitrogen and oxygen atoms in total. The van der Waals surface area contributed by atoms with Crippen LogP contribution in [0.1, 0.15) is 60.8 Å². The van der Waals surface area contributed by atoms with Gasteiger partial charge in [-0.15, -0.1) is 0 Å². The minimum atomic E-state index is -0.425. The molecule has 0 aliphatic heterocycles. The second-order valence-corrected chi connectivity index (χ2v) is 8.08. The van der Waals surface area contributed by atoms with Gasteiger partial charge >= 0.3 is 0 Å². The van der Waals surface area contributed by atoms with E-state index in [2.05, 4.69) is 41.5 Å². The third-order valence-electron chi connectivity index (χ3n) is 5.02. The molecule has 1 saturated carbocycles. The summed E-state index contributed by atoms with van der Waals surface area (Å²) in [5.74, 6) is 2.24. The van der Waals surface area contributed by atoms with Crippen LogP contribution in [0.3, 0.4) is 0 Å². The second kappa shape index (κ2) is 7.09. The summed E-state index contributed by atoms with van der Waals surface area (Å²) in [6.07, 6.45) is 5.10. The third kappa shape index (κ3) is 4.60. The van der Waals surface area contributed by atoms with Gasteiger partial charge in [0.05, 0.1) is 12.7 Å². The van der Waals surface area contributed by atoms with Gasteiger partial charge in [0.2, 0.25) is 0 Å². The molecule has 0 aromatic heterocycles. The first-order chi connectivity index (χ1) is 9.16. The normalized spacial score (nSPS) is 30.6. The minimum Gasteiger partial charge on any atom is -0.392 e. The van der Waals surface area contributed by atoms with Crippen molar-refractivity contribution in [2.75, 3.05) is 6.61 Å². The van der Waals surface area contributed by atoms with Gasteiger partial charge < -0.3 is 10.2 Å². The van der Waals surface area contributed by atoms with E-state index in [1.807, 2.05) is 6.08 Å². The van der Waals surface area contributed by atoms with Crippen molar-refractivity contribution in [2.45, 2.75) is 66.9 Å². The summed E-state index contributed by atoms with van der Waals surface area (Å²) >= 11 is 0. The maximum absolute atomic E-state index is 10.7. The highest BCUT2D eigenvalue weighted by atomic mass is 16.3. The van der Waals surface area contributed by atoms with Crippen LogP contribution >= 0.6 is 0 Å². The van der Waals surface area contributed by atoms with Crippen molar-refractivity contribution in [2.24, 2.45) is 29.1 Å². The summed E-state index contributed by atoms with van der Waals surface area (Å²) in [4.78, 5) is 0. The van der Waals surface area contributed by atoms with Crippen LogP contribution in [0.15, 0.2) is 11.6 Å². The number of aliphatic hydroxyl groups excluding tert-OH is 2. The maximum Gasteiger partial charge on any atom is 0.0755 e. The van der Waals surface area contributed by atoms with Gasteiger partial charge in [-0.25, -0.2) is 0 Å². The second-order valence-electron chi connectivity index (χ2n) is 8.08. The number of hydrogen-bond donors (Lipinski definition) is 2. The zero-order valence-corrected chi connectivity index (χ0v) is 14.2. The lowest BCUT2D eigenvalue weighted by Crippen LogP contribution is -2.35. The highest BCUT2D eigenvalue weighted by Crippen LogP contribution is 2.40. The van der Waals surface area contributed by atoms with E-state index in [4.69, 9.17) is 0 Å². The van der Waals surface area contributed by atoms with E-state index in [-0.39, 0.29) is 12.0 Å². The van der Waals surface area contributed by atoms with Crippen LogP contribution in [-0.2, 0) is 0 Å². The average molecular weight is 282 g/mol. The number of hydrogen-bond acceptors (Lipinski definition) is 2. The van der Waals surface area contributed by atoms with Crippen LogP contribution in [0, 0.1) is 29.1 Å². The largest absolute Gasteiger partial charge is 0.392 e. The first-order valence-electron chi connectivity index (χ1n) is 8.17. The monoisotopic (exact) mass is 282 g/mol. The molecule has 1 rings (SSSR count). The van der Waals surface area contributed by atoms with Crippen LogP contribution in [0.4, 0.5) is 0 Å². The van der Waals surface area contributed by atoms with E-state index in [1.54, 1.807) is 0 Å². The zero-order chi connectivity index (χ0) is 15.5. The van der Waals surface area contributed by atoms with E-state index < -0.39 is 6.10 Å². The van der Waals surface area contributed by atoms with Gasteiger partial charge in [0.1, 0.15) is 0 Å². The molecule has 0 aromatic rings. The van der Waals surface area contributed by atoms with Crippen molar-refractivity contribution >= 4 is 0 Å². The van der Waals surface area contributed by atoms with Crippen molar-refractivity contribution in [3.05, 3.63) is 11.6 Å². The molecule has 0 unspecified atom stereocenters. The van der Waals surface area contributed by atoms with Crippen molar-refractivity contribution in [1.82, 2.24) is 0 Å². The van der Waals surface area contributed by atoms with Crippen molar-refractivity contribution < 1.29 is 10.2 Å². The lowest BCUT2D eigenvalue weighted by molar-refractivity contribution is 0.0413. The topological polar surface area (TPSA) is 40.5 Å². The standard InChI is InChI=1S/C18H34O2/c1-12(2)15-8-7-13(3)9-16(15)17(20)10-14(11-19)18(4,5)6/h10,12-13,15-17,19-20H,7-9,11H2,1-6H3/b14-10+/t13-,15+,16-,17+/m1/s1. The van der Waals surface area contributed by atoms with Crippen LogP contribution in [0.5, 0.6) is 0 Å². The van der Waals surface area contributed by atoms with Gasteiger partial charge in [0.25, 0.3) is 0 Å². The summed E-state index contributed by atoms with van der Waals surface area (Å²) in [5, 5.41) is 20.2. The smallest absolute Gasteiger partial charge is 0.0755 e. The molecule has 1 aliphatic rings. The first-order valence-corrected chi connectivity index (χ1v) is 8.17. The molecule has 1 aliphatic carbocycles. The number of aliphatic hydroxyl groups is 2. The molecule has 0 heterocycles. The Bertz CT molecular complexity index is 325. The predicted octanol–water partition coefficient (Wildman–Crippen LogP) is 4.02. The first kappa shape index (κ1) is 17.7. The van der Waals surface area contributed by atoms with Crippen LogP contribution in [-0.4, -0.2) is 22.9 Å². The fourth-order valence-electron chi connectivity index (χ4n) is 3.54. The van der Waals surface area contributed by atoms with E-state index >= 15 is 0 Å². The number of rotatable bonds is 4. The van der Waals surface area contributed by atoms with Crippen LogP contribution in [0.2, 0.25) is 0 Å². The van der Waals surface area contributed by atoms with Gasteiger partial charge in [0, 0.05) is 0 Å². The highest BCUT2D eigenvalue weighted by molar-refractivity contribution is 5.14. The fraction of sp³-hybridized carbons (Fsp3) is 0.889. The summed E-state index contributed by atoms with van der Waals surface area (Å²) in [5.41, 5.74) is 0.870. The molecule has 1 fully saturated rings. The Morgan fingerprint density at radius 1 is 1.20 bits per heavy atom. The lowest BCUT2D eigenvalue weighted by Gasteiger charge is -2.39. The van der Waals surface area contributed by atoms with E-state index in [0.717, 1.165) is 12.0 Å². The van der Waals surface area contributed by atoms with Gasteiger partial charge in [-0.1, -0.05) is 54.0 Å². The molecular formula is C18H34O2. The summed E-state index contributed by atoms with van der Waals surface area (Å²) < 4.78 is 0. The predicted molar refractivity (Wildman–Crippen MR) is 85.5 cm³/mol. The van der Waals surface area contributed by atoms with Gasteiger partial charge in [-0.3, -0.25) is 0 Å². The van der Waals surface area contributed by atoms with Crippen molar-refractivity contribution in [3.63, 3.8) is 0 Å². The molecule has 0 amide bonds. The highest BCUT2D eigenvalue weighted by Gasteiger charge is 2.35. The van der Waals surface area contributed by atoms with E-state index in [9.17, 15) is 10.2 Å². The summed E-state index contributed by atoms with van der Waals surface area (Å²) in [6.45, 7) is 13.1. The molecule has 0 saturated heterocycles. The molecule has 2 N–H and O–H groups in total. The Hall–Kier alpha value is -0.340. The SMILES string of the molecule is CC(C)[C@@H]1CC[C@@H](C)C[C@H]1[C@@H](O)/C=C(\CO)C(C)(C)C. The maximum atomic E-state index is 10.7. The van der Waals surface area contributed by atoms with E-state index in [1.165, 1.54) is 12.8 Å². The Labute approximate surface area is 125 Å². The summed E-state index contributed by atoms with van der Waals surface area (Å²) in [7, 11) is 0. The summed E-state index contributed by atoms with van der Waals surface area (Å²) in [6, 6.07) is 0. The Balaban J connectivity index is 2.91. The minimum absolute atomic E-state index is 0.0369. The molecule has 0 bridgehead atoms. The van der Waals surface area contributed by atoms with Gasteiger partial charge in [0.15, 0.2) is 0 Å². The molecule has 2 heteroatoms. The fourth-order valence-corrected chi connectivity index (χ4v) is 3.54. The molecule has 20 heavy (non-hydrogen) atoms. The lowest BCUT2D eigenvalue weighted by atomic mass is 9.67. The molecule has 0 radical (unpaired) electrons. The van der Waals surface area contributed by atoms with Crippen molar-refractivity contribution in [1.29, 1.82) is 0 Å². The quantitative estimate of drug-likeness (QED) is 0.765. The van der Waals surface area contributed by atoms with Gasteiger partial charge in [-0.2, -0.15) is 0 Å². The Kier molecular flexibility index (Phi) is 6.27. The Morgan fingerprint density at radius 3 is 2.25 bits per heavy atom. The molecule has 0 aromatic carbocycles. The van der Waals surface area contributed by atoms with Crippen LogP contribution < -0.4 is 0 Å². The molecule has 0 spiro atoms. The third-order valence-corrected chi connectivity index (χ3v) is 5.02. The zero-order valence-electron chi connectivity index (χ0n) is 14.2. The average Bonchev–Trinajstić information content (AvgIpc) is 2.33. The molecule has 4 atom stereocenters. The molecular weight excluding hydrogens is 248 g/mol. The Morgan fingerprint density at radius 2 is 1.80 bits per heavy atom. The molecule has 118 valence electrons.